The number of nitrogens with zero attached hydrogens (tertiary/aromatic N) is 4. The Morgan fingerprint density at radius 2 is 2.14 bits per heavy atom. The van der Waals surface area contributed by atoms with Crippen LogP contribution in [0.5, 0.6) is 0 Å². The molecule has 1 aromatic heterocycles. The van der Waals surface area contributed by atoms with Crippen LogP contribution in [0.3, 0.4) is 0 Å². The van der Waals surface area contributed by atoms with Crippen LogP contribution in [0.25, 0.3) is 0 Å². The molecule has 0 bridgehead atoms. The van der Waals surface area contributed by atoms with Crippen LogP contribution in [-0.2, 0) is 4.79 Å². The van der Waals surface area contributed by atoms with Crippen molar-refractivity contribution in [2.75, 3.05) is 44.2 Å². The van der Waals surface area contributed by atoms with Crippen molar-refractivity contribution in [1.29, 1.82) is 5.26 Å². The topological polar surface area (TPSA) is 72.3 Å². The highest BCUT2D eigenvalue weighted by atomic mass is 16.2. The first-order valence-electron chi connectivity index (χ1n) is 7.69. The monoisotopic (exact) mass is 301 g/mol. The predicted molar refractivity (Wildman–Crippen MR) is 85.5 cm³/mol. The second-order valence-electron chi connectivity index (χ2n) is 5.95. The molecule has 1 aliphatic heterocycles. The van der Waals surface area contributed by atoms with Gasteiger partial charge in [0.15, 0.2) is 0 Å². The maximum Gasteiger partial charge on any atom is 0.234 e. The lowest BCUT2D eigenvalue weighted by Crippen LogP contribution is -2.50. The number of anilines is 1. The third-order valence-electron chi connectivity index (χ3n) is 3.65. The fraction of sp³-hybridized carbons (Fsp3) is 0.562. The number of nitriles is 1. The highest BCUT2D eigenvalue weighted by Crippen LogP contribution is 2.17. The SMILES string of the molecule is CC(C)CNC(=O)CN1CCN(c2ncccc2C#N)CC1. The number of carbonyl (C=O) groups is 1. The molecule has 1 amide bonds. The van der Waals surface area contributed by atoms with Gasteiger partial charge in [0, 0.05) is 38.9 Å². The number of hydrogen-bond donors (Lipinski definition) is 1. The van der Waals surface area contributed by atoms with E-state index in [4.69, 9.17) is 5.26 Å². The molecular formula is C16H23N5O. The van der Waals surface area contributed by atoms with Gasteiger partial charge in [-0.2, -0.15) is 5.26 Å². The third kappa shape index (κ3) is 4.43. The molecule has 6 heteroatoms. The van der Waals surface area contributed by atoms with Crippen LogP contribution in [0.1, 0.15) is 19.4 Å². The van der Waals surface area contributed by atoms with E-state index in [1.165, 1.54) is 0 Å². The molecular weight excluding hydrogens is 278 g/mol. The fourth-order valence-electron chi connectivity index (χ4n) is 2.43. The van der Waals surface area contributed by atoms with Crippen molar-refractivity contribution in [3.63, 3.8) is 0 Å². The first kappa shape index (κ1) is 16.2. The second kappa shape index (κ2) is 7.76. The number of hydrogen-bond acceptors (Lipinski definition) is 5. The molecule has 6 nitrogen and oxygen atoms in total. The zero-order valence-electron chi connectivity index (χ0n) is 13.2. The van der Waals surface area contributed by atoms with Crippen LogP contribution < -0.4 is 10.2 Å². The van der Waals surface area contributed by atoms with E-state index in [0.717, 1.165) is 38.5 Å². The summed E-state index contributed by atoms with van der Waals surface area (Å²) >= 11 is 0. The zero-order chi connectivity index (χ0) is 15.9. The molecule has 1 fully saturated rings. The molecule has 1 aromatic rings. The van der Waals surface area contributed by atoms with Crippen molar-refractivity contribution in [1.82, 2.24) is 15.2 Å². The second-order valence-corrected chi connectivity index (χ2v) is 5.95. The van der Waals surface area contributed by atoms with Crippen LogP contribution in [0.15, 0.2) is 18.3 Å². The molecule has 0 radical (unpaired) electrons. The van der Waals surface area contributed by atoms with E-state index in [-0.39, 0.29) is 5.91 Å². The fourth-order valence-corrected chi connectivity index (χ4v) is 2.43. The van der Waals surface area contributed by atoms with Gasteiger partial charge in [0.05, 0.1) is 12.1 Å². The van der Waals surface area contributed by atoms with Crippen molar-refractivity contribution in [2.24, 2.45) is 5.92 Å². The van der Waals surface area contributed by atoms with E-state index < -0.39 is 0 Å². The summed E-state index contributed by atoms with van der Waals surface area (Å²) in [4.78, 5) is 20.4. The number of nitrogens with one attached hydrogen (secondary N) is 1. The smallest absolute Gasteiger partial charge is 0.234 e. The van der Waals surface area contributed by atoms with E-state index in [0.29, 0.717) is 18.0 Å². The van der Waals surface area contributed by atoms with E-state index in [1.807, 2.05) is 0 Å². The van der Waals surface area contributed by atoms with Gasteiger partial charge >= 0.3 is 0 Å². The van der Waals surface area contributed by atoms with Crippen LogP contribution >= 0.6 is 0 Å². The Bertz CT molecular complexity index is 544. The summed E-state index contributed by atoms with van der Waals surface area (Å²) in [5.41, 5.74) is 0.602. The maximum absolute atomic E-state index is 11.8. The number of amides is 1. The summed E-state index contributed by atoms with van der Waals surface area (Å²) in [6.07, 6.45) is 1.71. The highest BCUT2D eigenvalue weighted by molar-refractivity contribution is 5.78. The largest absolute Gasteiger partial charge is 0.355 e. The normalized spacial score (nSPS) is 15.6. The number of pyridine rings is 1. The summed E-state index contributed by atoms with van der Waals surface area (Å²) in [5, 5.41) is 12.1. The molecule has 1 saturated heterocycles. The lowest BCUT2D eigenvalue weighted by atomic mass is 10.2. The summed E-state index contributed by atoms with van der Waals surface area (Å²) < 4.78 is 0. The van der Waals surface area contributed by atoms with Gasteiger partial charge in [-0.3, -0.25) is 9.69 Å². The van der Waals surface area contributed by atoms with Crippen molar-refractivity contribution >= 4 is 11.7 Å². The van der Waals surface area contributed by atoms with Crippen molar-refractivity contribution in [2.45, 2.75) is 13.8 Å². The summed E-state index contributed by atoms with van der Waals surface area (Å²) in [5.74, 6) is 1.29. The molecule has 0 aromatic carbocycles. The Labute approximate surface area is 131 Å². The molecule has 0 saturated carbocycles. The van der Waals surface area contributed by atoms with Crippen LogP contribution in [-0.4, -0.2) is 55.1 Å². The number of aromatic nitrogens is 1. The standard InChI is InChI=1S/C16H23N5O/c1-13(2)11-19-15(22)12-20-6-8-21(9-7-20)16-14(10-17)4-3-5-18-16/h3-5,13H,6-9,11-12H2,1-2H3,(H,19,22). The molecule has 2 heterocycles. The van der Waals surface area contributed by atoms with E-state index >= 15 is 0 Å². The average Bonchev–Trinajstić information content (AvgIpc) is 2.53. The molecule has 118 valence electrons. The first-order valence-corrected chi connectivity index (χ1v) is 7.69. The summed E-state index contributed by atoms with van der Waals surface area (Å²) in [6.45, 7) is 8.49. The quantitative estimate of drug-likeness (QED) is 0.873. The van der Waals surface area contributed by atoms with Crippen molar-refractivity contribution < 1.29 is 4.79 Å². The van der Waals surface area contributed by atoms with Gasteiger partial charge in [0.25, 0.3) is 0 Å². The van der Waals surface area contributed by atoms with E-state index in [2.05, 4.69) is 40.0 Å². The first-order chi connectivity index (χ1) is 10.6. The number of rotatable bonds is 5. The van der Waals surface area contributed by atoms with Crippen LogP contribution in [0, 0.1) is 17.2 Å². The average molecular weight is 301 g/mol. The minimum atomic E-state index is 0.0812. The zero-order valence-corrected chi connectivity index (χ0v) is 13.2. The van der Waals surface area contributed by atoms with E-state index in [9.17, 15) is 4.79 Å². The molecule has 0 aliphatic carbocycles. The predicted octanol–water partition coefficient (Wildman–Crippen LogP) is 0.847. The molecule has 22 heavy (non-hydrogen) atoms. The van der Waals surface area contributed by atoms with Gasteiger partial charge < -0.3 is 10.2 Å². The summed E-state index contributed by atoms with van der Waals surface area (Å²) in [6, 6.07) is 5.74. The van der Waals surface area contributed by atoms with Crippen molar-refractivity contribution in [3.05, 3.63) is 23.9 Å². The van der Waals surface area contributed by atoms with E-state index in [1.54, 1.807) is 18.3 Å². The van der Waals surface area contributed by atoms with Gasteiger partial charge in [-0.15, -0.1) is 0 Å². The van der Waals surface area contributed by atoms with Crippen LogP contribution in [0.4, 0.5) is 5.82 Å². The Hall–Kier alpha value is -2.13. The van der Waals surface area contributed by atoms with Gasteiger partial charge in [-0.1, -0.05) is 13.8 Å². The van der Waals surface area contributed by atoms with Gasteiger partial charge in [-0.25, -0.2) is 4.98 Å². The highest BCUT2D eigenvalue weighted by Gasteiger charge is 2.21. The van der Waals surface area contributed by atoms with Crippen LogP contribution in [0.2, 0.25) is 0 Å². The minimum Gasteiger partial charge on any atom is -0.355 e. The molecule has 1 N–H and O–H groups in total. The summed E-state index contributed by atoms with van der Waals surface area (Å²) in [7, 11) is 0. The van der Waals surface area contributed by atoms with Gasteiger partial charge in [0.1, 0.15) is 11.9 Å². The number of piperazine rings is 1. The van der Waals surface area contributed by atoms with Crippen molar-refractivity contribution in [3.8, 4) is 6.07 Å². The Morgan fingerprint density at radius 1 is 1.41 bits per heavy atom. The molecule has 2 rings (SSSR count). The maximum atomic E-state index is 11.8. The molecule has 1 aliphatic rings. The molecule has 0 spiro atoms. The lowest BCUT2D eigenvalue weighted by molar-refractivity contribution is -0.122. The third-order valence-corrected chi connectivity index (χ3v) is 3.65. The minimum absolute atomic E-state index is 0.0812. The Balaban J connectivity index is 1.83. The Morgan fingerprint density at radius 3 is 2.77 bits per heavy atom. The van der Waals surface area contributed by atoms with Gasteiger partial charge in [0.2, 0.25) is 5.91 Å². The molecule has 0 atom stereocenters. The lowest BCUT2D eigenvalue weighted by Gasteiger charge is -2.35. The number of carbonyl (C=O) groups excluding carboxylic acids is 1. The van der Waals surface area contributed by atoms with Gasteiger partial charge in [-0.05, 0) is 18.1 Å². The molecule has 0 unspecified atom stereocenters. The Kier molecular flexibility index (Phi) is 5.73.